The van der Waals surface area contributed by atoms with Gasteiger partial charge in [0.1, 0.15) is 0 Å². The van der Waals surface area contributed by atoms with Gasteiger partial charge in [-0.05, 0) is 46.4 Å². The SMILES string of the molecule is Cc1ccccc1C=C1C(=O)c2c(-c3ccccc3)ccc(-c3ccccc3)c2C1=O. The second-order valence-corrected chi connectivity index (χ2v) is 7.72. The average Bonchev–Trinajstić information content (AvgIpc) is 3.06. The molecule has 4 aromatic rings. The van der Waals surface area contributed by atoms with Crippen molar-refractivity contribution < 1.29 is 9.59 Å². The summed E-state index contributed by atoms with van der Waals surface area (Å²) in [5, 5.41) is 0. The maximum absolute atomic E-state index is 13.6. The summed E-state index contributed by atoms with van der Waals surface area (Å²) < 4.78 is 0. The van der Waals surface area contributed by atoms with Crippen LogP contribution in [0.15, 0.2) is 103 Å². The molecule has 0 aliphatic heterocycles. The highest BCUT2D eigenvalue weighted by Crippen LogP contribution is 2.41. The Hall–Kier alpha value is -4.04. The second-order valence-electron chi connectivity index (χ2n) is 7.72. The van der Waals surface area contributed by atoms with Gasteiger partial charge in [-0.1, -0.05) is 97.1 Å². The third-order valence-electron chi connectivity index (χ3n) is 5.81. The summed E-state index contributed by atoms with van der Waals surface area (Å²) in [5.41, 5.74) is 6.57. The van der Waals surface area contributed by atoms with Crippen molar-refractivity contribution in [3.05, 3.63) is 125 Å². The Morgan fingerprint density at radius 2 is 1.00 bits per heavy atom. The first-order valence-corrected chi connectivity index (χ1v) is 10.3. The number of allylic oxidation sites excluding steroid dienone is 1. The minimum atomic E-state index is -0.208. The Labute approximate surface area is 181 Å². The van der Waals surface area contributed by atoms with E-state index in [0.717, 1.165) is 33.4 Å². The van der Waals surface area contributed by atoms with E-state index in [2.05, 4.69) is 0 Å². The zero-order valence-corrected chi connectivity index (χ0v) is 17.1. The summed E-state index contributed by atoms with van der Waals surface area (Å²) >= 11 is 0. The van der Waals surface area contributed by atoms with Crippen LogP contribution >= 0.6 is 0 Å². The highest BCUT2D eigenvalue weighted by Gasteiger charge is 2.37. The molecule has 0 bridgehead atoms. The first-order chi connectivity index (χ1) is 15.1. The van der Waals surface area contributed by atoms with Gasteiger partial charge in [-0.25, -0.2) is 0 Å². The van der Waals surface area contributed by atoms with Crippen LogP contribution in [0.3, 0.4) is 0 Å². The van der Waals surface area contributed by atoms with Crippen molar-refractivity contribution in [1.29, 1.82) is 0 Å². The number of benzene rings is 4. The summed E-state index contributed by atoms with van der Waals surface area (Å²) in [5.74, 6) is -0.417. The lowest BCUT2D eigenvalue weighted by Gasteiger charge is -2.12. The number of rotatable bonds is 3. The standard InChI is InChI=1S/C29H20O2/c1-19-10-8-9-15-22(19)18-25-28(30)26-23(20-11-4-2-5-12-20)16-17-24(27(26)29(25)31)21-13-6-3-7-14-21/h2-18H,1H3. The Kier molecular flexibility index (Phi) is 4.68. The Morgan fingerprint density at radius 1 is 0.548 bits per heavy atom. The van der Waals surface area contributed by atoms with Gasteiger partial charge in [-0.3, -0.25) is 9.59 Å². The molecule has 0 spiro atoms. The van der Waals surface area contributed by atoms with Gasteiger partial charge in [-0.15, -0.1) is 0 Å². The molecule has 5 rings (SSSR count). The maximum Gasteiger partial charge on any atom is 0.198 e. The number of fused-ring (bicyclic) bond motifs is 1. The predicted molar refractivity (Wildman–Crippen MR) is 125 cm³/mol. The fraction of sp³-hybridized carbons (Fsp3) is 0.0345. The molecule has 0 saturated heterocycles. The van der Waals surface area contributed by atoms with Gasteiger partial charge < -0.3 is 0 Å². The molecule has 2 nitrogen and oxygen atoms in total. The van der Waals surface area contributed by atoms with E-state index in [4.69, 9.17) is 0 Å². The normalized spacial score (nSPS) is 12.7. The van der Waals surface area contributed by atoms with E-state index in [-0.39, 0.29) is 17.1 Å². The third kappa shape index (κ3) is 3.23. The average molecular weight is 400 g/mol. The Morgan fingerprint density at radius 3 is 1.48 bits per heavy atom. The first-order valence-electron chi connectivity index (χ1n) is 10.3. The van der Waals surface area contributed by atoms with Crippen molar-refractivity contribution in [3.63, 3.8) is 0 Å². The van der Waals surface area contributed by atoms with Gasteiger partial charge in [0.05, 0.1) is 5.57 Å². The van der Waals surface area contributed by atoms with E-state index in [1.54, 1.807) is 6.08 Å². The molecule has 31 heavy (non-hydrogen) atoms. The first kappa shape index (κ1) is 19.0. The number of carbonyl (C=O) groups excluding carboxylic acids is 2. The van der Waals surface area contributed by atoms with Crippen LogP contribution in [0.5, 0.6) is 0 Å². The number of carbonyl (C=O) groups is 2. The van der Waals surface area contributed by atoms with Crippen LogP contribution in [-0.4, -0.2) is 11.6 Å². The van der Waals surface area contributed by atoms with Crippen molar-refractivity contribution in [2.24, 2.45) is 0 Å². The quantitative estimate of drug-likeness (QED) is 0.280. The minimum Gasteiger partial charge on any atom is -0.288 e. The van der Waals surface area contributed by atoms with Crippen molar-refractivity contribution in [2.45, 2.75) is 6.92 Å². The molecular formula is C29H20O2. The molecular weight excluding hydrogens is 380 g/mol. The van der Waals surface area contributed by atoms with E-state index in [9.17, 15) is 9.59 Å². The van der Waals surface area contributed by atoms with Crippen molar-refractivity contribution in [1.82, 2.24) is 0 Å². The van der Waals surface area contributed by atoms with E-state index in [1.807, 2.05) is 104 Å². The van der Waals surface area contributed by atoms with Gasteiger partial charge in [0.15, 0.2) is 11.6 Å². The van der Waals surface area contributed by atoms with Crippen molar-refractivity contribution >= 4 is 17.6 Å². The highest BCUT2D eigenvalue weighted by molar-refractivity contribution is 6.44. The van der Waals surface area contributed by atoms with Crippen LogP contribution in [0.25, 0.3) is 28.3 Å². The second kappa shape index (κ2) is 7.66. The van der Waals surface area contributed by atoms with Crippen LogP contribution in [0, 0.1) is 6.92 Å². The minimum absolute atomic E-state index is 0.208. The lowest BCUT2D eigenvalue weighted by atomic mass is 9.90. The molecule has 1 aliphatic carbocycles. The van der Waals surface area contributed by atoms with E-state index in [1.165, 1.54) is 0 Å². The maximum atomic E-state index is 13.6. The van der Waals surface area contributed by atoms with E-state index in [0.29, 0.717) is 11.1 Å². The predicted octanol–water partition coefficient (Wildman–Crippen LogP) is 6.79. The van der Waals surface area contributed by atoms with Crippen LogP contribution in [0.4, 0.5) is 0 Å². The van der Waals surface area contributed by atoms with Gasteiger partial charge in [0.25, 0.3) is 0 Å². The van der Waals surface area contributed by atoms with Crippen molar-refractivity contribution in [3.8, 4) is 22.3 Å². The molecule has 0 radical (unpaired) electrons. The molecule has 0 atom stereocenters. The fourth-order valence-corrected chi connectivity index (χ4v) is 4.20. The van der Waals surface area contributed by atoms with Gasteiger partial charge >= 0.3 is 0 Å². The molecule has 1 aliphatic rings. The third-order valence-corrected chi connectivity index (χ3v) is 5.81. The molecule has 4 aromatic carbocycles. The summed E-state index contributed by atoms with van der Waals surface area (Å²) in [6, 6.07) is 31.2. The van der Waals surface area contributed by atoms with Crippen LogP contribution in [0.1, 0.15) is 31.8 Å². The van der Waals surface area contributed by atoms with Crippen LogP contribution in [-0.2, 0) is 0 Å². The lowest BCUT2D eigenvalue weighted by molar-refractivity contribution is 0.0991. The van der Waals surface area contributed by atoms with Gasteiger partial charge in [0, 0.05) is 11.1 Å². The number of ketones is 2. The molecule has 0 fully saturated rings. The molecule has 2 heteroatoms. The summed E-state index contributed by atoms with van der Waals surface area (Å²) in [7, 11) is 0. The molecule has 0 aromatic heterocycles. The number of aryl methyl sites for hydroxylation is 1. The number of Topliss-reactive ketones (excluding diaryl/α,β-unsaturated/α-hetero) is 2. The highest BCUT2D eigenvalue weighted by atomic mass is 16.2. The van der Waals surface area contributed by atoms with E-state index >= 15 is 0 Å². The molecule has 148 valence electrons. The van der Waals surface area contributed by atoms with Crippen LogP contribution < -0.4 is 0 Å². The Balaban J connectivity index is 1.77. The van der Waals surface area contributed by atoms with Crippen molar-refractivity contribution in [2.75, 3.05) is 0 Å². The number of hydrogen-bond donors (Lipinski definition) is 0. The van der Waals surface area contributed by atoms with E-state index < -0.39 is 0 Å². The largest absolute Gasteiger partial charge is 0.288 e. The molecule has 0 heterocycles. The lowest BCUT2D eigenvalue weighted by Crippen LogP contribution is -2.01. The van der Waals surface area contributed by atoms with Gasteiger partial charge in [-0.2, -0.15) is 0 Å². The van der Waals surface area contributed by atoms with Crippen LogP contribution in [0.2, 0.25) is 0 Å². The zero-order chi connectivity index (χ0) is 21.4. The zero-order valence-electron chi connectivity index (χ0n) is 17.1. The smallest absolute Gasteiger partial charge is 0.198 e. The van der Waals surface area contributed by atoms with Gasteiger partial charge in [0.2, 0.25) is 0 Å². The molecule has 0 N–H and O–H groups in total. The molecule has 0 amide bonds. The molecule has 0 unspecified atom stereocenters. The summed E-state index contributed by atoms with van der Waals surface area (Å²) in [4.78, 5) is 27.2. The molecule has 0 saturated carbocycles. The topological polar surface area (TPSA) is 34.1 Å². The summed E-state index contributed by atoms with van der Waals surface area (Å²) in [6.07, 6.45) is 1.74. The summed E-state index contributed by atoms with van der Waals surface area (Å²) in [6.45, 7) is 1.98. The Bertz CT molecular complexity index is 1270. The number of hydrogen-bond acceptors (Lipinski definition) is 2. The fourth-order valence-electron chi connectivity index (χ4n) is 4.20. The monoisotopic (exact) mass is 400 g/mol.